The maximum absolute atomic E-state index is 11.0. The van der Waals surface area contributed by atoms with E-state index in [1.54, 1.807) is 0 Å². The van der Waals surface area contributed by atoms with Crippen molar-refractivity contribution in [1.82, 2.24) is 10.2 Å². The number of nitrogens with zero attached hydrogens (tertiary/aromatic N) is 1. The summed E-state index contributed by atoms with van der Waals surface area (Å²) in [4.78, 5) is 22.3. The van der Waals surface area contributed by atoms with E-state index in [1.165, 1.54) is 4.90 Å². The van der Waals surface area contributed by atoms with Crippen LogP contribution in [-0.4, -0.2) is 52.9 Å². The lowest BCUT2D eigenvalue weighted by Crippen LogP contribution is -2.55. The van der Waals surface area contributed by atoms with Crippen LogP contribution in [-0.2, 0) is 4.79 Å². The van der Waals surface area contributed by atoms with E-state index in [2.05, 4.69) is 0 Å². The predicted octanol–water partition coefficient (Wildman–Crippen LogP) is -1.12. The summed E-state index contributed by atoms with van der Waals surface area (Å²) in [5.74, 6) is -0.303. The number of rotatable bonds is 2. The number of carboxylic acid groups (broad SMARTS) is 1. The van der Waals surface area contributed by atoms with Gasteiger partial charge in [-0.1, -0.05) is 0 Å². The minimum absolute atomic E-state index is 0. The molecule has 2 amide bonds. The molecule has 1 saturated heterocycles. The summed E-state index contributed by atoms with van der Waals surface area (Å²) >= 11 is 0. The Hall–Kier alpha value is -1.01. The van der Waals surface area contributed by atoms with Crippen LogP contribution in [0.4, 0.5) is 4.79 Å². The molecule has 0 aromatic heterocycles. The van der Waals surface area contributed by atoms with Crippen molar-refractivity contribution >= 4 is 24.4 Å². The zero-order valence-corrected chi connectivity index (χ0v) is 7.58. The van der Waals surface area contributed by atoms with Crippen LogP contribution in [0.25, 0.3) is 0 Å². The second-order valence-electron chi connectivity index (χ2n) is 2.61. The Kier molecular flexibility index (Phi) is 4.50. The molecule has 0 atom stereocenters. The van der Waals surface area contributed by atoms with Gasteiger partial charge in [-0.25, -0.2) is 4.79 Å². The molecular weight excluding hydrogens is 200 g/mol. The van der Waals surface area contributed by atoms with Gasteiger partial charge in [-0.3, -0.25) is 4.79 Å². The lowest BCUT2D eigenvalue weighted by molar-refractivity contribution is -0.140. The van der Waals surface area contributed by atoms with E-state index in [-0.39, 0.29) is 24.9 Å². The van der Waals surface area contributed by atoms with E-state index in [4.69, 9.17) is 10.2 Å². The first-order chi connectivity index (χ1) is 5.59. The molecule has 1 rings (SSSR count). The van der Waals surface area contributed by atoms with Crippen molar-refractivity contribution in [2.45, 2.75) is 6.10 Å². The highest BCUT2D eigenvalue weighted by Crippen LogP contribution is 2.06. The SMILES string of the molecule is Cl.O=C(O)NCC(=O)N1CC(O)C1. The first kappa shape index (κ1) is 12.0. The van der Waals surface area contributed by atoms with E-state index >= 15 is 0 Å². The summed E-state index contributed by atoms with van der Waals surface area (Å²) < 4.78 is 0. The molecule has 0 aliphatic carbocycles. The Balaban J connectivity index is 0.00000144. The van der Waals surface area contributed by atoms with Crippen molar-refractivity contribution in [2.75, 3.05) is 19.6 Å². The minimum Gasteiger partial charge on any atom is -0.465 e. The van der Waals surface area contributed by atoms with Gasteiger partial charge in [-0.2, -0.15) is 0 Å². The average molecular weight is 211 g/mol. The van der Waals surface area contributed by atoms with Gasteiger partial charge >= 0.3 is 6.09 Å². The second kappa shape index (κ2) is 4.88. The molecule has 13 heavy (non-hydrogen) atoms. The zero-order chi connectivity index (χ0) is 9.14. The van der Waals surface area contributed by atoms with Crippen molar-refractivity contribution < 1.29 is 19.8 Å². The number of carbonyl (C=O) groups excluding carboxylic acids is 1. The van der Waals surface area contributed by atoms with Crippen LogP contribution in [0, 0.1) is 0 Å². The summed E-state index contributed by atoms with van der Waals surface area (Å²) in [6.45, 7) is 0.391. The molecule has 6 nitrogen and oxygen atoms in total. The first-order valence-electron chi connectivity index (χ1n) is 3.52. The lowest BCUT2D eigenvalue weighted by Gasteiger charge is -2.35. The van der Waals surface area contributed by atoms with Crippen LogP contribution < -0.4 is 5.32 Å². The Labute approximate surface area is 80.9 Å². The average Bonchev–Trinajstić information content (AvgIpc) is 1.94. The van der Waals surface area contributed by atoms with Gasteiger partial charge in [0.15, 0.2) is 0 Å². The van der Waals surface area contributed by atoms with E-state index in [1.807, 2.05) is 5.32 Å². The number of aliphatic hydroxyl groups excluding tert-OH is 1. The largest absolute Gasteiger partial charge is 0.465 e. The number of hydrogen-bond acceptors (Lipinski definition) is 3. The quantitative estimate of drug-likeness (QED) is 0.539. The third kappa shape index (κ3) is 3.47. The molecular formula is C6H11ClN2O4. The topological polar surface area (TPSA) is 89.9 Å². The lowest BCUT2D eigenvalue weighted by atomic mass is 10.2. The van der Waals surface area contributed by atoms with Gasteiger partial charge in [0.1, 0.15) is 6.54 Å². The highest BCUT2D eigenvalue weighted by atomic mass is 35.5. The minimum atomic E-state index is -1.22. The first-order valence-corrected chi connectivity index (χ1v) is 3.52. The maximum atomic E-state index is 11.0. The molecule has 0 unspecified atom stereocenters. The predicted molar refractivity (Wildman–Crippen MR) is 45.9 cm³/mol. The summed E-state index contributed by atoms with van der Waals surface area (Å²) in [6, 6.07) is 0. The highest BCUT2D eigenvalue weighted by Gasteiger charge is 2.28. The summed E-state index contributed by atoms with van der Waals surface area (Å²) in [6.07, 6.45) is -1.66. The van der Waals surface area contributed by atoms with Crippen LogP contribution in [0.15, 0.2) is 0 Å². The number of likely N-dealkylation sites (tertiary alicyclic amines) is 1. The molecule has 76 valence electrons. The van der Waals surface area contributed by atoms with Crippen molar-refractivity contribution in [3.8, 4) is 0 Å². The highest BCUT2D eigenvalue weighted by molar-refractivity contribution is 5.85. The normalized spacial score (nSPS) is 15.6. The van der Waals surface area contributed by atoms with Crippen molar-refractivity contribution in [1.29, 1.82) is 0 Å². The van der Waals surface area contributed by atoms with Gasteiger partial charge in [0, 0.05) is 13.1 Å². The van der Waals surface area contributed by atoms with E-state index in [9.17, 15) is 9.59 Å². The Bertz CT molecular complexity index is 205. The molecule has 0 aromatic rings. The fourth-order valence-corrected chi connectivity index (χ4v) is 0.922. The molecule has 1 heterocycles. The molecule has 3 N–H and O–H groups in total. The number of aliphatic hydroxyl groups is 1. The van der Waals surface area contributed by atoms with Gasteiger partial charge in [0.2, 0.25) is 5.91 Å². The van der Waals surface area contributed by atoms with Crippen LogP contribution in [0.3, 0.4) is 0 Å². The van der Waals surface area contributed by atoms with Crippen LogP contribution in [0.1, 0.15) is 0 Å². The molecule has 7 heteroatoms. The molecule has 1 aliphatic rings. The molecule has 1 fully saturated rings. The number of nitrogens with one attached hydrogen (secondary N) is 1. The van der Waals surface area contributed by atoms with Gasteiger partial charge in [-0.15, -0.1) is 12.4 Å². The van der Waals surface area contributed by atoms with Crippen molar-refractivity contribution in [3.05, 3.63) is 0 Å². The Morgan fingerprint density at radius 3 is 2.38 bits per heavy atom. The number of amides is 2. The maximum Gasteiger partial charge on any atom is 0.405 e. The third-order valence-corrected chi connectivity index (χ3v) is 1.61. The van der Waals surface area contributed by atoms with E-state index in [0.717, 1.165) is 0 Å². The van der Waals surface area contributed by atoms with E-state index in [0.29, 0.717) is 13.1 Å². The van der Waals surface area contributed by atoms with Gasteiger partial charge < -0.3 is 20.4 Å². The van der Waals surface area contributed by atoms with Gasteiger partial charge in [0.25, 0.3) is 0 Å². The van der Waals surface area contributed by atoms with Crippen LogP contribution in [0.2, 0.25) is 0 Å². The number of carbonyl (C=O) groups is 2. The number of halogens is 1. The molecule has 0 spiro atoms. The smallest absolute Gasteiger partial charge is 0.405 e. The summed E-state index contributed by atoms with van der Waals surface area (Å²) in [5, 5.41) is 18.9. The fraction of sp³-hybridized carbons (Fsp3) is 0.667. The summed E-state index contributed by atoms with van der Waals surface area (Å²) in [7, 11) is 0. The fourth-order valence-electron chi connectivity index (χ4n) is 0.922. The number of β-amino-alcohol motifs (C(OH)–C–C–N with tert-alkyl or cyclic N) is 1. The third-order valence-electron chi connectivity index (χ3n) is 1.61. The molecule has 0 bridgehead atoms. The molecule has 1 aliphatic heterocycles. The second-order valence-corrected chi connectivity index (χ2v) is 2.61. The van der Waals surface area contributed by atoms with Crippen molar-refractivity contribution in [2.24, 2.45) is 0 Å². The molecule has 0 aromatic carbocycles. The van der Waals surface area contributed by atoms with Gasteiger partial charge in [-0.05, 0) is 0 Å². The number of hydrogen-bond donors (Lipinski definition) is 3. The molecule has 0 radical (unpaired) electrons. The standard InChI is InChI=1S/C6H10N2O4.ClH/c9-4-2-8(3-4)5(10)1-7-6(11)12;/h4,7,9H,1-3H2,(H,11,12);1H. The van der Waals surface area contributed by atoms with Gasteiger partial charge in [0.05, 0.1) is 6.10 Å². The Morgan fingerprint density at radius 1 is 1.46 bits per heavy atom. The van der Waals surface area contributed by atoms with E-state index < -0.39 is 12.2 Å². The summed E-state index contributed by atoms with van der Waals surface area (Å²) in [5.41, 5.74) is 0. The monoisotopic (exact) mass is 210 g/mol. The van der Waals surface area contributed by atoms with Crippen LogP contribution >= 0.6 is 12.4 Å². The van der Waals surface area contributed by atoms with Crippen molar-refractivity contribution in [3.63, 3.8) is 0 Å². The zero-order valence-electron chi connectivity index (χ0n) is 6.77. The van der Waals surface area contributed by atoms with Crippen LogP contribution in [0.5, 0.6) is 0 Å². The Morgan fingerprint density at radius 2 is 2.00 bits per heavy atom. The molecule has 0 saturated carbocycles.